The van der Waals surface area contributed by atoms with E-state index in [0.29, 0.717) is 46.8 Å². The van der Waals surface area contributed by atoms with Crippen LogP contribution in [0.5, 0.6) is 5.75 Å². The fraction of sp³-hybridized carbons (Fsp3) is 0.343. The number of ketones is 1. The average Bonchev–Trinajstić information content (AvgIpc) is 3.36. The second-order valence-electron chi connectivity index (χ2n) is 10.4. The Morgan fingerprint density at radius 2 is 1.98 bits per heavy atom. The lowest BCUT2D eigenvalue weighted by Crippen LogP contribution is -2.19. The summed E-state index contributed by atoms with van der Waals surface area (Å²) in [6, 6.07) is 9.33. The first-order valence-corrected chi connectivity index (χ1v) is 14.7. The molecule has 6 heteroatoms. The van der Waals surface area contributed by atoms with Gasteiger partial charge in [-0.1, -0.05) is 67.1 Å². The Morgan fingerprint density at radius 1 is 1.15 bits per heavy atom. The Balaban J connectivity index is 1.44. The van der Waals surface area contributed by atoms with E-state index in [1.165, 1.54) is 24.3 Å². The maximum Gasteiger partial charge on any atom is 0.164 e. The minimum Gasteiger partial charge on any atom is -0.496 e. The van der Waals surface area contributed by atoms with Gasteiger partial charge in [0.15, 0.2) is 5.78 Å². The minimum atomic E-state index is -0.317. The predicted octanol–water partition coefficient (Wildman–Crippen LogP) is 7.91. The smallest absolute Gasteiger partial charge is 0.164 e. The minimum absolute atomic E-state index is 0.0357. The van der Waals surface area contributed by atoms with Crippen LogP contribution in [0.4, 0.5) is 4.39 Å². The van der Waals surface area contributed by atoms with Crippen LogP contribution in [-0.2, 0) is 6.42 Å². The Kier molecular flexibility index (Phi) is 11.3. The summed E-state index contributed by atoms with van der Waals surface area (Å²) in [5.41, 5.74) is 5.86. The number of halogens is 2. The van der Waals surface area contributed by atoms with Crippen LogP contribution >= 0.6 is 11.6 Å². The summed E-state index contributed by atoms with van der Waals surface area (Å²) in [5, 5.41) is 12.4. The SMILES string of the molecule is C=Cc1c(OC)ccc(C2=CC=C3/C(Cc4ccc(C(=O)CCCCCNCCO)c(Cl)c4)=C/C/C=C\CC32)c1F. The van der Waals surface area contributed by atoms with E-state index in [2.05, 4.69) is 36.2 Å². The quantitative estimate of drug-likeness (QED) is 0.136. The van der Waals surface area contributed by atoms with Crippen molar-refractivity contribution in [3.8, 4) is 5.75 Å². The first-order chi connectivity index (χ1) is 20.0. The van der Waals surface area contributed by atoms with E-state index in [-0.39, 0.29) is 24.1 Å². The summed E-state index contributed by atoms with van der Waals surface area (Å²) in [5.74, 6) is 0.250. The van der Waals surface area contributed by atoms with Crippen LogP contribution in [0.1, 0.15) is 65.6 Å². The normalized spacial score (nSPS) is 18.3. The van der Waals surface area contributed by atoms with Crippen molar-refractivity contribution in [3.63, 3.8) is 0 Å². The average molecular weight is 576 g/mol. The molecule has 0 aromatic heterocycles. The number of carbonyl (C=O) groups is 1. The van der Waals surface area contributed by atoms with Crippen molar-refractivity contribution >= 4 is 29.0 Å². The Hall–Kier alpha value is -3.25. The lowest BCUT2D eigenvalue weighted by atomic mass is 9.81. The number of unbranched alkanes of at least 4 members (excludes halogenated alkanes) is 2. The molecule has 0 heterocycles. The Labute approximate surface area is 248 Å². The number of methoxy groups -OCH3 is 1. The molecule has 2 aromatic carbocycles. The van der Waals surface area contributed by atoms with E-state index in [1.54, 1.807) is 12.1 Å². The number of carbonyl (C=O) groups excluding carboxylic acids is 1. The van der Waals surface area contributed by atoms with Gasteiger partial charge in [-0.05, 0) is 85.2 Å². The molecule has 0 amide bonds. The molecular weight excluding hydrogens is 537 g/mol. The number of fused-ring (bicyclic) bond motifs is 1. The number of rotatable bonds is 14. The van der Waals surface area contributed by atoms with Crippen molar-refractivity contribution in [2.24, 2.45) is 5.92 Å². The lowest BCUT2D eigenvalue weighted by molar-refractivity contribution is 0.0979. The van der Waals surface area contributed by atoms with Gasteiger partial charge in [-0.3, -0.25) is 4.79 Å². The fourth-order valence-corrected chi connectivity index (χ4v) is 5.91. The standard InChI is InChI=1S/C35H39ClFNO3/c1-3-26-34(41-2)18-17-30(35(26)37)29-16-15-27-25(10-6-4-7-11-28(27)29)22-24-13-14-31(32(36)23-24)33(40)12-8-5-9-19-38-20-21-39/h3-4,7,10,13-18,23,28,38-39H,1,5-6,8-9,11-12,19-22H2,2H3/b7-4-,25-10+. The van der Waals surface area contributed by atoms with E-state index in [4.69, 9.17) is 21.4 Å². The highest BCUT2D eigenvalue weighted by Crippen LogP contribution is 2.44. The maximum atomic E-state index is 15.6. The third kappa shape index (κ3) is 7.53. The maximum absolute atomic E-state index is 15.6. The summed E-state index contributed by atoms with van der Waals surface area (Å²) in [6.07, 6.45) is 17.7. The zero-order valence-electron chi connectivity index (χ0n) is 23.7. The molecule has 0 aliphatic heterocycles. The Morgan fingerprint density at radius 3 is 2.73 bits per heavy atom. The zero-order valence-corrected chi connectivity index (χ0v) is 24.5. The summed E-state index contributed by atoms with van der Waals surface area (Å²) in [4.78, 5) is 12.8. The van der Waals surface area contributed by atoms with E-state index in [0.717, 1.165) is 49.8 Å². The first kappa shape index (κ1) is 30.7. The van der Waals surface area contributed by atoms with Crippen molar-refractivity contribution < 1.29 is 19.0 Å². The lowest BCUT2D eigenvalue weighted by Gasteiger charge is -2.23. The molecule has 2 N–H and O–H groups in total. The molecule has 1 unspecified atom stereocenters. The van der Waals surface area contributed by atoms with Gasteiger partial charge in [0.2, 0.25) is 0 Å². The van der Waals surface area contributed by atoms with Crippen molar-refractivity contribution in [3.05, 3.63) is 112 Å². The van der Waals surface area contributed by atoms with Crippen LogP contribution in [0, 0.1) is 11.7 Å². The van der Waals surface area contributed by atoms with Crippen LogP contribution in [0.3, 0.4) is 0 Å². The molecule has 1 atom stereocenters. The molecule has 0 saturated heterocycles. The number of ether oxygens (including phenoxy) is 1. The topological polar surface area (TPSA) is 58.6 Å². The van der Waals surface area contributed by atoms with Crippen LogP contribution < -0.4 is 10.1 Å². The number of hydrogen-bond donors (Lipinski definition) is 2. The van der Waals surface area contributed by atoms with Gasteiger partial charge in [-0.2, -0.15) is 0 Å². The monoisotopic (exact) mass is 575 g/mol. The van der Waals surface area contributed by atoms with Gasteiger partial charge in [-0.25, -0.2) is 4.39 Å². The number of allylic oxidation sites excluding steroid dienone is 8. The molecule has 0 radical (unpaired) electrons. The number of aliphatic hydroxyl groups is 1. The molecular formula is C35H39ClFNO3. The fourth-order valence-electron chi connectivity index (χ4n) is 5.60. The molecule has 2 aliphatic rings. The van der Waals surface area contributed by atoms with Crippen molar-refractivity contribution in [1.29, 1.82) is 0 Å². The van der Waals surface area contributed by atoms with Gasteiger partial charge in [0.1, 0.15) is 11.6 Å². The van der Waals surface area contributed by atoms with E-state index >= 15 is 4.39 Å². The highest BCUT2D eigenvalue weighted by Gasteiger charge is 2.29. The molecule has 4 rings (SSSR count). The van der Waals surface area contributed by atoms with Gasteiger partial charge in [0.25, 0.3) is 0 Å². The van der Waals surface area contributed by atoms with E-state index < -0.39 is 0 Å². The molecule has 216 valence electrons. The van der Waals surface area contributed by atoms with Gasteiger partial charge in [0.05, 0.1) is 24.3 Å². The van der Waals surface area contributed by atoms with Crippen LogP contribution in [0.25, 0.3) is 11.6 Å². The molecule has 0 bridgehead atoms. The van der Waals surface area contributed by atoms with Crippen LogP contribution in [0.2, 0.25) is 5.02 Å². The largest absolute Gasteiger partial charge is 0.496 e. The molecule has 0 fully saturated rings. The molecule has 2 aliphatic carbocycles. The summed E-state index contributed by atoms with van der Waals surface area (Å²) in [6.45, 7) is 5.36. The van der Waals surface area contributed by atoms with E-state index in [9.17, 15) is 4.79 Å². The molecule has 0 spiro atoms. The number of benzene rings is 2. The first-order valence-electron chi connectivity index (χ1n) is 14.4. The number of nitrogens with one attached hydrogen (secondary N) is 1. The number of aliphatic hydroxyl groups excluding tert-OH is 1. The summed E-state index contributed by atoms with van der Waals surface area (Å²) >= 11 is 6.61. The molecule has 4 nitrogen and oxygen atoms in total. The van der Waals surface area contributed by atoms with Crippen LogP contribution in [0.15, 0.2) is 78.4 Å². The van der Waals surface area contributed by atoms with Gasteiger partial charge in [0, 0.05) is 30.0 Å². The summed E-state index contributed by atoms with van der Waals surface area (Å²) in [7, 11) is 1.53. The highest BCUT2D eigenvalue weighted by atomic mass is 35.5. The van der Waals surface area contributed by atoms with Crippen molar-refractivity contribution in [1.82, 2.24) is 5.32 Å². The third-order valence-electron chi connectivity index (χ3n) is 7.75. The van der Waals surface area contributed by atoms with Gasteiger partial charge in [-0.15, -0.1) is 0 Å². The highest BCUT2D eigenvalue weighted by molar-refractivity contribution is 6.34. The Bertz CT molecular complexity index is 1390. The van der Waals surface area contributed by atoms with Crippen LogP contribution in [-0.4, -0.2) is 37.7 Å². The summed E-state index contributed by atoms with van der Waals surface area (Å²) < 4.78 is 20.9. The second-order valence-corrected chi connectivity index (χ2v) is 10.8. The molecule has 0 saturated carbocycles. The van der Waals surface area contributed by atoms with E-state index in [1.807, 2.05) is 24.3 Å². The number of hydrogen-bond acceptors (Lipinski definition) is 4. The molecule has 41 heavy (non-hydrogen) atoms. The van der Waals surface area contributed by atoms with Gasteiger partial charge < -0.3 is 15.2 Å². The predicted molar refractivity (Wildman–Crippen MR) is 167 cm³/mol. The van der Waals surface area contributed by atoms with Crippen molar-refractivity contribution in [2.45, 2.75) is 44.9 Å². The number of Topliss-reactive ketones (excluding diaryl/α,β-unsaturated/α-hetero) is 1. The van der Waals surface area contributed by atoms with Crippen molar-refractivity contribution in [2.75, 3.05) is 26.8 Å². The van der Waals surface area contributed by atoms with Gasteiger partial charge >= 0.3 is 0 Å². The molecule has 2 aromatic rings. The second kappa shape index (κ2) is 15.1. The third-order valence-corrected chi connectivity index (χ3v) is 8.06. The zero-order chi connectivity index (χ0) is 29.2.